The summed E-state index contributed by atoms with van der Waals surface area (Å²) in [7, 11) is 0. The number of hydrogen-bond acceptors (Lipinski definition) is 2. The minimum Gasteiger partial charge on any atom is -0.412 e. The van der Waals surface area contributed by atoms with Crippen LogP contribution in [0.25, 0.3) is 0 Å². The Morgan fingerprint density at radius 2 is 1.81 bits per heavy atom. The fourth-order valence-corrected chi connectivity index (χ4v) is 5.84. The molecule has 218 valence electrons. The van der Waals surface area contributed by atoms with Crippen LogP contribution in [0.1, 0.15) is 60.8 Å². The summed E-state index contributed by atoms with van der Waals surface area (Å²) in [6, 6.07) is 0.320. The Hall–Kier alpha value is -1.16. The van der Waals surface area contributed by atoms with Gasteiger partial charge in [0.25, 0.3) is 0 Å². The van der Waals surface area contributed by atoms with Crippen molar-refractivity contribution in [2.24, 2.45) is 29.1 Å². The molecule has 5 nitrogen and oxygen atoms in total. The van der Waals surface area contributed by atoms with E-state index in [1.54, 1.807) is 6.08 Å². The number of nitrogens with one attached hydrogen (secondary N) is 1. The van der Waals surface area contributed by atoms with Crippen molar-refractivity contribution in [3.8, 4) is 0 Å². The Bertz CT molecular complexity index is 794. The Balaban J connectivity index is 0. The van der Waals surface area contributed by atoms with E-state index in [0.29, 0.717) is 36.8 Å². The summed E-state index contributed by atoms with van der Waals surface area (Å²) in [6.45, 7) is 13.0. The van der Waals surface area contributed by atoms with E-state index in [1.165, 1.54) is 12.5 Å². The van der Waals surface area contributed by atoms with Gasteiger partial charge < -0.3 is 26.6 Å². The Morgan fingerprint density at radius 1 is 1.14 bits per heavy atom. The van der Waals surface area contributed by atoms with Crippen LogP contribution in [0.2, 0.25) is 0 Å². The predicted octanol–water partition coefficient (Wildman–Crippen LogP) is 5.26. The number of hydrogen-bond donors (Lipinski definition) is 1. The highest BCUT2D eigenvalue weighted by atomic mass is 35.5. The number of rotatable bonds is 8. The standard InChI is InChI=1S/C27H40ClF3N2.CH4.3H2O/c1-19(2)25(32-14-12-20-6-5-7-22(16-20)27(29,30)31)17-33-15-13-24(26(3,4)18-33)21-8-10-23(28)11-9-21;;;;/h5-6,8,10-11,16,19,21-22,24-25,32H,7,9,12-15,17-18H2,1-4H3;1H4;3*1H2/t21?,22?,24-,25+;;;;/m1..../s1. The SMILES string of the molecule is C.CC(C)[C@H](CN1CC[C@H](C2C=CC(Cl)=CC2)C(C)(C)C1)NCCC1=CC(C(F)(F)F)CC=C1.O.O.O. The van der Waals surface area contributed by atoms with E-state index in [4.69, 9.17) is 11.6 Å². The first-order chi connectivity index (χ1) is 15.5. The normalized spacial score (nSPS) is 26.0. The maximum atomic E-state index is 13.0. The van der Waals surface area contributed by atoms with Crippen molar-refractivity contribution in [1.29, 1.82) is 0 Å². The third-order valence-corrected chi connectivity index (χ3v) is 7.91. The molecule has 0 amide bonds. The van der Waals surface area contributed by atoms with Crippen LogP contribution in [0.4, 0.5) is 13.2 Å². The van der Waals surface area contributed by atoms with Gasteiger partial charge in [-0.1, -0.05) is 82.7 Å². The van der Waals surface area contributed by atoms with E-state index in [0.717, 1.165) is 36.7 Å². The zero-order valence-electron chi connectivity index (χ0n) is 22.0. The minimum atomic E-state index is -4.15. The number of allylic oxidation sites excluding steroid dienone is 7. The second kappa shape index (κ2) is 16.1. The second-order valence-electron chi connectivity index (χ2n) is 11.0. The second-order valence-corrected chi connectivity index (χ2v) is 11.5. The molecular formula is C28H50ClF3N2O3. The molecule has 1 heterocycles. The summed E-state index contributed by atoms with van der Waals surface area (Å²) in [5, 5.41) is 4.49. The molecule has 1 saturated heterocycles. The zero-order chi connectivity index (χ0) is 24.2. The van der Waals surface area contributed by atoms with E-state index in [9.17, 15) is 13.2 Å². The quantitative estimate of drug-likeness (QED) is 0.441. The van der Waals surface area contributed by atoms with Crippen LogP contribution in [0.5, 0.6) is 0 Å². The lowest BCUT2D eigenvalue weighted by Crippen LogP contribution is -2.52. The summed E-state index contributed by atoms with van der Waals surface area (Å²) >= 11 is 6.12. The highest BCUT2D eigenvalue weighted by Gasteiger charge is 2.40. The van der Waals surface area contributed by atoms with Gasteiger partial charge in [0.15, 0.2) is 0 Å². The number of piperidine rings is 1. The fraction of sp³-hybridized carbons (Fsp3) is 0.714. The summed E-state index contributed by atoms with van der Waals surface area (Å²) in [4.78, 5) is 2.57. The number of nitrogens with zero attached hydrogens (tertiary/aromatic N) is 1. The molecule has 2 aliphatic carbocycles. The van der Waals surface area contributed by atoms with Gasteiger partial charge >= 0.3 is 6.18 Å². The van der Waals surface area contributed by atoms with Crippen LogP contribution >= 0.6 is 11.6 Å². The van der Waals surface area contributed by atoms with Gasteiger partial charge in [0.1, 0.15) is 0 Å². The van der Waals surface area contributed by atoms with Crippen LogP contribution in [0.15, 0.2) is 47.1 Å². The van der Waals surface area contributed by atoms with Crippen molar-refractivity contribution >= 4 is 11.6 Å². The summed E-state index contributed by atoms with van der Waals surface area (Å²) < 4.78 is 39.1. The van der Waals surface area contributed by atoms with E-state index in [-0.39, 0.29) is 35.7 Å². The Kier molecular flexibility index (Phi) is 16.5. The van der Waals surface area contributed by atoms with E-state index in [2.05, 4.69) is 50.1 Å². The van der Waals surface area contributed by atoms with Crippen LogP contribution in [0, 0.1) is 29.1 Å². The molecule has 0 aromatic carbocycles. The minimum absolute atomic E-state index is 0. The van der Waals surface area contributed by atoms with Gasteiger partial charge in [-0.05, 0) is 68.0 Å². The first kappa shape index (κ1) is 38.0. The molecule has 0 aromatic heterocycles. The first-order valence-corrected chi connectivity index (χ1v) is 12.8. The summed E-state index contributed by atoms with van der Waals surface area (Å²) in [6.07, 6.45) is 10.1. The number of halogens is 4. The number of alkyl halides is 3. The maximum Gasteiger partial charge on any atom is 0.395 e. The largest absolute Gasteiger partial charge is 0.412 e. The molecule has 2 unspecified atom stereocenters. The van der Waals surface area contributed by atoms with Crippen molar-refractivity contribution in [3.63, 3.8) is 0 Å². The van der Waals surface area contributed by atoms with Crippen molar-refractivity contribution in [2.75, 3.05) is 26.2 Å². The van der Waals surface area contributed by atoms with Crippen LogP contribution in [0.3, 0.4) is 0 Å². The van der Waals surface area contributed by atoms with Gasteiger partial charge in [-0.15, -0.1) is 0 Å². The molecule has 37 heavy (non-hydrogen) atoms. The third kappa shape index (κ3) is 10.9. The topological polar surface area (TPSA) is 110 Å². The van der Waals surface area contributed by atoms with Gasteiger partial charge in [-0.3, -0.25) is 0 Å². The Morgan fingerprint density at radius 3 is 2.35 bits per heavy atom. The summed E-state index contributed by atoms with van der Waals surface area (Å²) in [5.41, 5.74) is 1.01. The highest BCUT2D eigenvalue weighted by molar-refractivity contribution is 6.31. The molecule has 9 heteroatoms. The van der Waals surface area contributed by atoms with Crippen molar-refractivity contribution in [1.82, 2.24) is 10.2 Å². The maximum absolute atomic E-state index is 13.0. The van der Waals surface area contributed by atoms with Gasteiger partial charge in [0, 0.05) is 24.2 Å². The fourth-order valence-electron chi connectivity index (χ4n) is 5.68. The lowest BCUT2D eigenvalue weighted by Gasteiger charge is -2.48. The molecule has 3 rings (SSSR count). The van der Waals surface area contributed by atoms with Gasteiger partial charge in [0.05, 0.1) is 5.92 Å². The summed E-state index contributed by atoms with van der Waals surface area (Å²) in [5.74, 6) is 0.315. The molecule has 4 atom stereocenters. The Labute approximate surface area is 226 Å². The molecule has 1 aliphatic heterocycles. The molecule has 3 aliphatic rings. The lowest BCUT2D eigenvalue weighted by atomic mass is 9.66. The highest BCUT2D eigenvalue weighted by Crippen LogP contribution is 2.43. The van der Waals surface area contributed by atoms with E-state index < -0.39 is 12.1 Å². The molecule has 0 bridgehead atoms. The first-order valence-electron chi connectivity index (χ1n) is 12.4. The van der Waals surface area contributed by atoms with Crippen molar-refractivity contribution < 1.29 is 29.6 Å². The van der Waals surface area contributed by atoms with Crippen LogP contribution in [-0.2, 0) is 0 Å². The molecule has 7 N–H and O–H groups in total. The van der Waals surface area contributed by atoms with Crippen molar-refractivity contribution in [3.05, 3.63) is 47.1 Å². The zero-order valence-corrected chi connectivity index (χ0v) is 22.7. The van der Waals surface area contributed by atoms with E-state index in [1.807, 2.05) is 12.2 Å². The van der Waals surface area contributed by atoms with Gasteiger partial charge in [-0.25, -0.2) is 0 Å². The third-order valence-electron chi connectivity index (χ3n) is 7.63. The molecule has 0 aromatic rings. The van der Waals surface area contributed by atoms with Gasteiger partial charge in [-0.2, -0.15) is 13.2 Å². The average molecular weight is 555 g/mol. The molecule has 0 radical (unpaired) electrons. The lowest BCUT2D eigenvalue weighted by molar-refractivity contribution is -0.160. The molecule has 0 saturated carbocycles. The average Bonchev–Trinajstić information content (AvgIpc) is 2.73. The van der Waals surface area contributed by atoms with Crippen molar-refractivity contribution in [2.45, 2.75) is 73.0 Å². The molecule has 1 fully saturated rings. The number of likely N-dealkylation sites (tertiary alicyclic amines) is 1. The van der Waals surface area contributed by atoms with E-state index >= 15 is 0 Å². The molecular weight excluding hydrogens is 505 g/mol. The molecule has 0 spiro atoms. The smallest absolute Gasteiger partial charge is 0.395 e. The van der Waals surface area contributed by atoms with Crippen LogP contribution in [-0.4, -0.2) is 59.7 Å². The van der Waals surface area contributed by atoms with Gasteiger partial charge in [0.2, 0.25) is 0 Å². The van der Waals surface area contributed by atoms with Crippen LogP contribution < -0.4 is 5.32 Å². The monoisotopic (exact) mass is 554 g/mol. The predicted molar refractivity (Wildman–Crippen MR) is 150 cm³/mol.